The van der Waals surface area contributed by atoms with Crippen molar-refractivity contribution >= 4 is 17.6 Å². The van der Waals surface area contributed by atoms with Gasteiger partial charge in [0.2, 0.25) is 11.8 Å². The van der Waals surface area contributed by atoms with Crippen LogP contribution >= 0.6 is 0 Å². The molecule has 0 bridgehead atoms. The summed E-state index contributed by atoms with van der Waals surface area (Å²) in [7, 11) is 0. The monoisotopic (exact) mass is 510 g/mol. The Labute approximate surface area is 214 Å². The van der Waals surface area contributed by atoms with Gasteiger partial charge in [-0.25, -0.2) is 4.39 Å². The summed E-state index contributed by atoms with van der Waals surface area (Å²) >= 11 is 0. The number of hydrogen-bond acceptors (Lipinski definition) is 6. The van der Waals surface area contributed by atoms with Crippen LogP contribution in [0.5, 0.6) is 5.75 Å². The van der Waals surface area contributed by atoms with Crippen molar-refractivity contribution in [1.82, 2.24) is 10.2 Å². The second-order valence-corrected chi connectivity index (χ2v) is 9.35. The molecule has 2 amide bonds. The number of Topliss-reactive ketones (excluding diaryl/α,β-unsaturated/α-hetero) is 1. The number of rotatable bonds is 10. The molecule has 1 aliphatic heterocycles. The number of nitrogens with one attached hydrogen (secondary N) is 1. The van der Waals surface area contributed by atoms with Crippen LogP contribution in [0, 0.1) is 5.82 Å². The fraction of sp³-hybridized carbons (Fsp3) is 0.393. The predicted molar refractivity (Wildman–Crippen MR) is 133 cm³/mol. The fourth-order valence-corrected chi connectivity index (χ4v) is 4.99. The van der Waals surface area contributed by atoms with E-state index in [1.807, 2.05) is 12.1 Å². The lowest BCUT2D eigenvalue weighted by atomic mass is 9.77. The first-order valence-electron chi connectivity index (χ1n) is 12.4. The first-order valence-corrected chi connectivity index (χ1v) is 12.4. The molecule has 8 nitrogen and oxygen atoms in total. The molecule has 0 fully saturated rings. The Morgan fingerprint density at radius 3 is 2.54 bits per heavy atom. The number of ketones is 1. The molecule has 3 N–H and O–H groups in total. The maximum absolute atomic E-state index is 14.6. The molecular weight excluding hydrogens is 479 g/mol. The predicted octanol–water partition coefficient (Wildman–Crippen LogP) is 2.24. The second-order valence-electron chi connectivity index (χ2n) is 9.35. The molecule has 37 heavy (non-hydrogen) atoms. The normalized spacial score (nSPS) is 21.8. The molecule has 0 saturated carbocycles. The van der Waals surface area contributed by atoms with Crippen molar-refractivity contribution in [3.05, 3.63) is 77.1 Å². The Morgan fingerprint density at radius 2 is 1.81 bits per heavy atom. The summed E-state index contributed by atoms with van der Waals surface area (Å²) in [6.07, 6.45) is 0.0396. The number of aliphatic hydroxyl groups is 2. The van der Waals surface area contributed by atoms with Gasteiger partial charge in [0.15, 0.2) is 0 Å². The van der Waals surface area contributed by atoms with Gasteiger partial charge in [-0.1, -0.05) is 36.4 Å². The van der Waals surface area contributed by atoms with Crippen molar-refractivity contribution in [3.63, 3.8) is 0 Å². The highest BCUT2D eigenvalue weighted by atomic mass is 19.1. The highest BCUT2D eigenvalue weighted by Gasteiger charge is 2.50. The summed E-state index contributed by atoms with van der Waals surface area (Å²) in [5.74, 6) is -1.42. The average Bonchev–Trinajstić information content (AvgIpc) is 3.27. The van der Waals surface area contributed by atoms with Crippen molar-refractivity contribution in [2.75, 3.05) is 13.2 Å². The maximum atomic E-state index is 14.6. The largest absolute Gasteiger partial charge is 0.486 e. The Morgan fingerprint density at radius 1 is 1.08 bits per heavy atom. The molecule has 2 aliphatic rings. The maximum Gasteiger partial charge on any atom is 0.247 e. The smallest absolute Gasteiger partial charge is 0.247 e. The SMILES string of the molecule is CC(=O)CCCC(=O)N(Cc1ccccc1F)[C@@H]1C=C(C(=O)NCCO)[C@@H]2c3ccccc3O[C@@H]2[C@H]1O. The molecule has 9 heteroatoms. The van der Waals surface area contributed by atoms with E-state index in [1.165, 1.54) is 17.9 Å². The van der Waals surface area contributed by atoms with Gasteiger partial charge in [0, 0.05) is 42.6 Å². The number of aliphatic hydroxyl groups excluding tert-OH is 2. The van der Waals surface area contributed by atoms with Gasteiger partial charge < -0.3 is 30.0 Å². The minimum atomic E-state index is -1.21. The number of carbonyl (C=O) groups is 3. The van der Waals surface area contributed by atoms with Gasteiger partial charge in [-0.2, -0.15) is 0 Å². The quantitative estimate of drug-likeness (QED) is 0.452. The number of halogens is 1. The van der Waals surface area contributed by atoms with Crippen LogP contribution in [-0.4, -0.2) is 64.1 Å². The van der Waals surface area contributed by atoms with Gasteiger partial charge in [0.25, 0.3) is 0 Å². The summed E-state index contributed by atoms with van der Waals surface area (Å²) in [6.45, 7) is 1.09. The minimum Gasteiger partial charge on any atom is -0.486 e. The van der Waals surface area contributed by atoms with Crippen LogP contribution in [0.15, 0.2) is 60.2 Å². The standard InChI is InChI=1S/C28H31FN2O6/c1-17(33)7-6-12-24(34)31(16-18-8-2-4-10-21(18)29)22-15-20(28(36)30-13-14-32)25-19-9-3-5-11-23(19)37-27(25)26(22)35/h2-5,8-11,15,22,25-27,32,35H,6-7,12-14,16H2,1H3,(H,30,36)/t22-,25+,26+,27+/m1/s1. The van der Waals surface area contributed by atoms with Crippen LogP contribution in [0.2, 0.25) is 0 Å². The van der Waals surface area contributed by atoms with Crippen LogP contribution < -0.4 is 10.1 Å². The zero-order valence-electron chi connectivity index (χ0n) is 20.6. The van der Waals surface area contributed by atoms with E-state index in [1.54, 1.807) is 36.4 Å². The molecule has 2 aromatic carbocycles. The molecule has 4 rings (SSSR count). The molecule has 0 saturated heterocycles. The Kier molecular flexibility index (Phi) is 8.35. The van der Waals surface area contributed by atoms with Crippen molar-refractivity contribution in [3.8, 4) is 5.75 Å². The molecular formula is C28H31FN2O6. The first kappa shape index (κ1) is 26.5. The van der Waals surface area contributed by atoms with Crippen molar-refractivity contribution in [1.29, 1.82) is 0 Å². The number of ether oxygens (including phenoxy) is 1. The Hall–Kier alpha value is -3.56. The van der Waals surface area contributed by atoms with E-state index in [4.69, 9.17) is 4.74 Å². The summed E-state index contributed by atoms with van der Waals surface area (Å²) in [5.41, 5.74) is 1.30. The van der Waals surface area contributed by atoms with Crippen LogP contribution in [-0.2, 0) is 20.9 Å². The number of fused-ring (bicyclic) bond motifs is 3. The van der Waals surface area contributed by atoms with E-state index in [0.29, 0.717) is 17.7 Å². The van der Waals surface area contributed by atoms with E-state index in [-0.39, 0.29) is 49.8 Å². The van der Waals surface area contributed by atoms with Gasteiger partial charge in [-0.15, -0.1) is 0 Å². The van der Waals surface area contributed by atoms with E-state index in [0.717, 1.165) is 5.56 Å². The Balaban J connectivity index is 1.73. The highest BCUT2D eigenvalue weighted by molar-refractivity contribution is 5.96. The molecule has 0 radical (unpaired) electrons. The van der Waals surface area contributed by atoms with Crippen LogP contribution in [0.3, 0.4) is 0 Å². The third kappa shape index (κ3) is 5.73. The van der Waals surface area contributed by atoms with Gasteiger partial charge in [-0.3, -0.25) is 9.59 Å². The lowest BCUT2D eigenvalue weighted by Gasteiger charge is -2.41. The molecule has 1 heterocycles. The number of para-hydroxylation sites is 1. The second kappa shape index (κ2) is 11.7. The summed E-state index contributed by atoms with van der Waals surface area (Å²) in [5, 5.41) is 23.4. The molecule has 0 aromatic heterocycles. The van der Waals surface area contributed by atoms with E-state index >= 15 is 0 Å². The summed E-state index contributed by atoms with van der Waals surface area (Å²) in [6, 6.07) is 12.2. The molecule has 0 unspecified atom stereocenters. The summed E-state index contributed by atoms with van der Waals surface area (Å²) < 4.78 is 20.7. The number of amides is 2. The van der Waals surface area contributed by atoms with E-state index in [2.05, 4.69) is 5.32 Å². The third-order valence-corrected chi connectivity index (χ3v) is 6.78. The lowest BCUT2D eigenvalue weighted by molar-refractivity contribution is -0.138. The van der Waals surface area contributed by atoms with Crippen molar-refractivity contribution in [2.24, 2.45) is 0 Å². The molecule has 196 valence electrons. The topological polar surface area (TPSA) is 116 Å². The fourth-order valence-electron chi connectivity index (χ4n) is 4.99. The van der Waals surface area contributed by atoms with Gasteiger partial charge in [0.05, 0.1) is 18.6 Å². The number of hydrogen-bond donors (Lipinski definition) is 3. The Bertz CT molecular complexity index is 1200. The van der Waals surface area contributed by atoms with Crippen molar-refractivity contribution in [2.45, 2.75) is 56.9 Å². The number of carbonyl (C=O) groups excluding carboxylic acids is 3. The zero-order valence-corrected chi connectivity index (χ0v) is 20.6. The van der Waals surface area contributed by atoms with Gasteiger partial charge in [0.1, 0.15) is 29.6 Å². The molecule has 4 atom stereocenters. The summed E-state index contributed by atoms with van der Waals surface area (Å²) in [4.78, 5) is 39.4. The third-order valence-electron chi connectivity index (χ3n) is 6.78. The van der Waals surface area contributed by atoms with Gasteiger partial charge in [-0.05, 0) is 31.6 Å². The number of benzene rings is 2. The van der Waals surface area contributed by atoms with Crippen LogP contribution in [0.1, 0.15) is 43.2 Å². The van der Waals surface area contributed by atoms with E-state index < -0.39 is 35.9 Å². The van der Waals surface area contributed by atoms with Crippen LogP contribution in [0.4, 0.5) is 4.39 Å². The minimum absolute atomic E-state index is 0.0202. The first-order chi connectivity index (χ1) is 17.8. The zero-order chi connectivity index (χ0) is 26.5. The van der Waals surface area contributed by atoms with Gasteiger partial charge >= 0.3 is 0 Å². The molecule has 2 aromatic rings. The molecule has 1 aliphatic carbocycles. The highest BCUT2D eigenvalue weighted by Crippen LogP contribution is 2.47. The number of nitrogens with zero attached hydrogens (tertiary/aromatic N) is 1. The van der Waals surface area contributed by atoms with Crippen molar-refractivity contribution < 1.29 is 33.7 Å². The van der Waals surface area contributed by atoms with Crippen LogP contribution in [0.25, 0.3) is 0 Å². The average molecular weight is 511 g/mol. The molecule has 0 spiro atoms. The van der Waals surface area contributed by atoms with E-state index in [9.17, 15) is 29.0 Å². The lowest BCUT2D eigenvalue weighted by Crippen LogP contribution is -2.55.